The molecule has 20 heavy (non-hydrogen) atoms. The van der Waals surface area contributed by atoms with Gasteiger partial charge in [0, 0.05) is 18.3 Å². The summed E-state index contributed by atoms with van der Waals surface area (Å²) in [6.45, 7) is 0.694. The standard InChI is InChI=1S/C15H22N2O2S/c16-14-6-3-4-12(10-14)11-20(18,19)17-9-8-13-5-1-2-7-15(13)17/h3-4,6,10,13,15H,1-2,5,7-9,11,16H2. The molecule has 0 radical (unpaired) electrons. The molecule has 110 valence electrons. The molecule has 4 nitrogen and oxygen atoms in total. The number of hydrogen-bond donors (Lipinski definition) is 1. The number of nitrogen functional groups attached to an aromatic ring is 1. The Bertz CT molecular complexity index is 585. The van der Waals surface area contributed by atoms with Gasteiger partial charge in [0.15, 0.2) is 0 Å². The van der Waals surface area contributed by atoms with Crippen molar-refractivity contribution in [2.45, 2.75) is 43.9 Å². The van der Waals surface area contributed by atoms with E-state index < -0.39 is 10.0 Å². The molecule has 0 bridgehead atoms. The maximum atomic E-state index is 12.7. The smallest absolute Gasteiger partial charge is 0.218 e. The molecule has 5 heteroatoms. The molecule has 0 aromatic heterocycles. The fraction of sp³-hybridized carbons (Fsp3) is 0.600. The first-order valence-electron chi connectivity index (χ1n) is 7.40. The average Bonchev–Trinajstić information content (AvgIpc) is 2.82. The number of anilines is 1. The SMILES string of the molecule is Nc1cccc(CS(=O)(=O)N2CCC3CCCCC32)c1. The van der Waals surface area contributed by atoms with E-state index in [4.69, 9.17) is 5.73 Å². The number of sulfonamides is 1. The lowest BCUT2D eigenvalue weighted by molar-refractivity contribution is 0.260. The number of fused-ring (bicyclic) bond motifs is 1. The van der Waals surface area contributed by atoms with Gasteiger partial charge in [-0.1, -0.05) is 25.0 Å². The molecule has 2 aliphatic rings. The topological polar surface area (TPSA) is 63.4 Å². The zero-order valence-electron chi connectivity index (χ0n) is 11.7. The van der Waals surface area contributed by atoms with Gasteiger partial charge in [0.25, 0.3) is 0 Å². The predicted octanol–water partition coefficient (Wildman–Crippen LogP) is 2.36. The fourth-order valence-electron chi connectivity index (χ4n) is 3.68. The van der Waals surface area contributed by atoms with Gasteiger partial charge >= 0.3 is 0 Å². The number of nitrogens with zero attached hydrogens (tertiary/aromatic N) is 1. The summed E-state index contributed by atoms with van der Waals surface area (Å²) in [5, 5.41) is 0. The first kappa shape index (κ1) is 13.9. The van der Waals surface area contributed by atoms with Crippen LogP contribution in [0.2, 0.25) is 0 Å². The van der Waals surface area contributed by atoms with Gasteiger partial charge in [-0.2, -0.15) is 4.31 Å². The van der Waals surface area contributed by atoms with Gasteiger partial charge in [-0.05, 0) is 42.9 Å². The summed E-state index contributed by atoms with van der Waals surface area (Å²) in [6, 6.07) is 7.43. The van der Waals surface area contributed by atoms with Crippen LogP contribution in [-0.4, -0.2) is 25.3 Å². The van der Waals surface area contributed by atoms with E-state index in [-0.39, 0.29) is 11.8 Å². The average molecular weight is 294 g/mol. The fourth-order valence-corrected chi connectivity index (χ4v) is 5.52. The van der Waals surface area contributed by atoms with Crippen LogP contribution in [0.5, 0.6) is 0 Å². The summed E-state index contributed by atoms with van der Waals surface area (Å²) < 4.78 is 27.1. The summed E-state index contributed by atoms with van der Waals surface area (Å²) >= 11 is 0. The van der Waals surface area contributed by atoms with Gasteiger partial charge in [0.1, 0.15) is 0 Å². The van der Waals surface area contributed by atoms with Crippen LogP contribution < -0.4 is 5.73 Å². The zero-order valence-corrected chi connectivity index (χ0v) is 12.5. The minimum atomic E-state index is -3.22. The molecule has 1 heterocycles. The Morgan fingerprint density at radius 3 is 2.80 bits per heavy atom. The van der Waals surface area contributed by atoms with Gasteiger partial charge in [-0.25, -0.2) is 8.42 Å². The monoisotopic (exact) mass is 294 g/mol. The molecule has 1 aromatic rings. The van der Waals surface area contributed by atoms with Crippen molar-refractivity contribution >= 4 is 15.7 Å². The van der Waals surface area contributed by atoms with Gasteiger partial charge in [-0.3, -0.25) is 0 Å². The Morgan fingerprint density at radius 2 is 2.00 bits per heavy atom. The van der Waals surface area contributed by atoms with E-state index in [1.54, 1.807) is 16.4 Å². The molecule has 1 saturated heterocycles. The summed E-state index contributed by atoms with van der Waals surface area (Å²) in [6.07, 6.45) is 5.66. The lowest BCUT2D eigenvalue weighted by Gasteiger charge is -2.31. The lowest BCUT2D eigenvalue weighted by Crippen LogP contribution is -2.39. The van der Waals surface area contributed by atoms with Crippen molar-refractivity contribution < 1.29 is 8.42 Å². The van der Waals surface area contributed by atoms with E-state index in [0.717, 1.165) is 24.8 Å². The largest absolute Gasteiger partial charge is 0.399 e. The Balaban J connectivity index is 1.78. The van der Waals surface area contributed by atoms with Gasteiger partial charge in [-0.15, -0.1) is 0 Å². The minimum absolute atomic E-state index is 0.0707. The van der Waals surface area contributed by atoms with Crippen molar-refractivity contribution in [3.63, 3.8) is 0 Å². The first-order chi connectivity index (χ1) is 9.56. The highest BCUT2D eigenvalue weighted by Crippen LogP contribution is 2.38. The van der Waals surface area contributed by atoms with Crippen molar-refractivity contribution in [2.24, 2.45) is 5.92 Å². The highest BCUT2D eigenvalue weighted by molar-refractivity contribution is 7.88. The molecular weight excluding hydrogens is 272 g/mol. The van der Waals surface area contributed by atoms with Crippen molar-refractivity contribution in [1.82, 2.24) is 4.31 Å². The normalized spacial score (nSPS) is 27.4. The molecule has 0 spiro atoms. The maximum absolute atomic E-state index is 12.7. The van der Waals surface area contributed by atoms with Gasteiger partial charge < -0.3 is 5.73 Å². The molecular formula is C15H22N2O2S. The van der Waals surface area contributed by atoms with Crippen LogP contribution in [0.25, 0.3) is 0 Å². The zero-order chi connectivity index (χ0) is 14.2. The summed E-state index contributed by atoms with van der Waals surface area (Å²) in [7, 11) is -3.22. The van der Waals surface area contributed by atoms with E-state index in [9.17, 15) is 8.42 Å². The summed E-state index contributed by atoms with van der Waals surface area (Å²) in [4.78, 5) is 0. The minimum Gasteiger partial charge on any atom is -0.399 e. The summed E-state index contributed by atoms with van der Waals surface area (Å²) in [5.41, 5.74) is 7.13. The van der Waals surface area contributed by atoms with Gasteiger partial charge in [0.2, 0.25) is 10.0 Å². The second kappa shape index (κ2) is 5.37. The highest BCUT2D eigenvalue weighted by atomic mass is 32.2. The maximum Gasteiger partial charge on any atom is 0.218 e. The molecule has 0 amide bonds. The van der Waals surface area contributed by atoms with Crippen LogP contribution in [0.15, 0.2) is 24.3 Å². The Kier molecular flexibility index (Phi) is 3.73. The molecule has 2 N–H and O–H groups in total. The number of rotatable bonds is 3. The van der Waals surface area contributed by atoms with Crippen molar-refractivity contribution in [1.29, 1.82) is 0 Å². The molecule has 1 saturated carbocycles. The third-order valence-corrected chi connectivity index (χ3v) is 6.48. The van der Waals surface area contributed by atoms with E-state index in [0.29, 0.717) is 18.2 Å². The van der Waals surface area contributed by atoms with Gasteiger partial charge in [0.05, 0.1) is 5.75 Å². The van der Waals surface area contributed by atoms with Crippen LogP contribution in [0.1, 0.15) is 37.7 Å². The van der Waals surface area contributed by atoms with Crippen molar-refractivity contribution in [3.8, 4) is 0 Å². The predicted molar refractivity (Wildman–Crippen MR) is 80.5 cm³/mol. The molecule has 1 aromatic carbocycles. The third-order valence-electron chi connectivity index (χ3n) is 4.62. The highest BCUT2D eigenvalue weighted by Gasteiger charge is 2.41. The van der Waals surface area contributed by atoms with Crippen LogP contribution >= 0.6 is 0 Å². The lowest BCUT2D eigenvalue weighted by atomic mass is 9.86. The van der Waals surface area contributed by atoms with E-state index >= 15 is 0 Å². The van der Waals surface area contributed by atoms with E-state index in [2.05, 4.69) is 0 Å². The van der Waals surface area contributed by atoms with Crippen molar-refractivity contribution in [2.75, 3.05) is 12.3 Å². The third kappa shape index (κ3) is 2.69. The number of nitrogens with two attached hydrogens (primary N) is 1. The second-order valence-electron chi connectivity index (χ2n) is 6.01. The summed E-state index contributed by atoms with van der Waals surface area (Å²) in [5.74, 6) is 0.653. The van der Waals surface area contributed by atoms with Crippen LogP contribution in [0.3, 0.4) is 0 Å². The van der Waals surface area contributed by atoms with E-state index in [1.807, 2.05) is 12.1 Å². The Morgan fingerprint density at radius 1 is 1.20 bits per heavy atom. The van der Waals surface area contributed by atoms with Crippen LogP contribution in [-0.2, 0) is 15.8 Å². The molecule has 2 atom stereocenters. The molecule has 1 aliphatic heterocycles. The Hall–Kier alpha value is -1.07. The Labute approximate surface area is 121 Å². The molecule has 1 aliphatic carbocycles. The number of hydrogen-bond acceptors (Lipinski definition) is 3. The van der Waals surface area contributed by atoms with E-state index in [1.165, 1.54) is 12.8 Å². The second-order valence-corrected chi connectivity index (χ2v) is 7.93. The van der Waals surface area contributed by atoms with Crippen LogP contribution in [0, 0.1) is 5.92 Å². The number of benzene rings is 1. The molecule has 2 unspecified atom stereocenters. The first-order valence-corrected chi connectivity index (χ1v) is 9.01. The van der Waals surface area contributed by atoms with Crippen LogP contribution in [0.4, 0.5) is 5.69 Å². The molecule has 2 fully saturated rings. The quantitative estimate of drug-likeness (QED) is 0.870. The van der Waals surface area contributed by atoms with Crippen molar-refractivity contribution in [3.05, 3.63) is 29.8 Å². The molecule has 3 rings (SSSR count).